The Bertz CT molecular complexity index is 194. The standard InChI is InChI=1S/C11H21NO/c1-6-12-11(4,5)10(13)8-7-9(2)3/h12H,2,6-8H2,1,3-5H3. The number of allylic oxidation sites excluding steroid dienone is 1. The summed E-state index contributed by atoms with van der Waals surface area (Å²) in [6, 6.07) is 0. The number of carbonyl (C=O) groups is 1. The highest BCUT2D eigenvalue weighted by molar-refractivity contribution is 5.87. The zero-order chi connectivity index (χ0) is 10.5. The van der Waals surface area contributed by atoms with E-state index in [-0.39, 0.29) is 11.3 Å². The van der Waals surface area contributed by atoms with E-state index in [1.807, 2.05) is 27.7 Å². The van der Waals surface area contributed by atoms with E-state index in [1.165, 1.54) is 0 Å². The number of Topliss-reactive ketones (excluding diaryl/α,β-unsaturated/α-hetero) is 1. The van der Waals surface area contributed by atoms with Gasteiger partial charge in [0.15, 0.2) is 5.78 Å². The van der Waals surface area contributed by atoms with Crippen LogP contribution in [0.15, 0.2) is 12.2 Å². The van der Waals surface area contributed by atoms with Gasteiger partial charge in [-0.3, -0.25) is 4.79 Å². The highest BCUT2D eigenvalue weighted by atomic mass is 16.1. The van der Waals surface area contributed by atoms with Crippen molar-refractivity contribution in [3.8, 4) is 0 Å². The van der Waals surface area contributed by atoms with Crippen LogP contribution in [0.3, 0.4) is 0 Å². The first kappa shape index (κ1) is 12.4. The lowest BCUT2D eigenvalue weighted by atomic mass is 9.94. The fraction of sp³-hybridized carbons (Fsp3) is 0.727. The summed E-state index contributed by atoms with van der Waals surface area (Å²) < 4.78 is 0. The first-order valence-corrected chi connectivity index (χ1v) is 4.83. The molecule has 0 saturated heterocycles. The number of ketones is 1. The fourth-order valence-corrected chi connectivity index (χ4v) is 1.18. The molecule has 2 nitrogen and oxygen atoms in total. The van der Waals surface area contributed by atoms with Crippen LogP contribution in [0.25, 0.3) is 0 Å². The molecule has 1 N–H and O–H groups in total. The molecule has 0 atom stereocenters. The predicted octanol–water partition coefficient (Wildman–Crippen LogP) is 2.30. The second-order valence-corrected chi connectivity index (χ2v) is 4.04. The first-order valence-electron chi connectivity index (χ1n) is 4.83. The van der Waals surface area contributed by atoms with E-state index in [2.05, 4.69) is 11.9 Å². The maximum atomic E-state index is 11.7. The number of hydrogen-bond donors (Lipinski definition) is 1. The largest absolute Gasteiger partial charge is 0.306 e. The van der Waals surface area contributed by atoms with Crippen LogP contribution >= 0.6 is 0 Å². The molecule has 0 aromatic carbocycles. The van der Waals surface area contributed by atoms with Gasteiger partial charge in [0.25, 0.3) is 0 Å². The minimum absolute atomic E-state index is 0.261. The number of hydrogen-bond acceptors (Lipinski definition) is 2. The second kappa shape index (κ2) is 5.18. The molecule has 0 aliphatic rings. The van der Waals surface area contributed by atoms with Gasteiger partial charge in [-0.2, -0.15) is 0 Å². The molecule has 13 heavy (non-hydrogen) atoms. The molecule has 0 aromatic rings. The molecule has 0 bridgehead atoms. The summed E-state index contributed by atoms with van der Waals surface area (Å²) >= 11 is 0. The third kappa shape index (κ3) is 4.83. The molecule has 2 heteroatoms. The monoisotopic (exact) mass is 183 g/mol. The van der Waals surface area contributed by atoms with Gasteiger partial charge in [0.1, 0.15) is 0 Å². The Morgan fingerprint density at radius 1 is 1.38 bits per heavy atom. The van der Waals surface area contributed by atoms with E-state index in [0.717, 1.165) is 18.5 Å². The van der Waals surface area contributed by atoms with Gasteiger partial charge in [-0.15, -0.1) is 6.58 Å². The van der Waals surface area contributed by atoms with E-state index < -0.39 is 0 Å². The van der Waals surface area contributed by atoms with Gasteiger partial charge >= 0.3 is 0 Å². The lowest BCUT2D eigenvalue weighted by molar-refractivity contribution is -0.124. The summed E-state index contributed by atoms with van der Waals surface area (Å²) in [4.78, 5) is 11.7. The summed E-state index contributed by atoms with van der Waals surface area (Å²) in [5.41, 5.74) is 0.685. The van der Waals surface area contributed by atoms with Crippen molar-refractivity contribution in [2.45, 2.75) is 46.1 Å². The summed E-state index contributed by atoms with van der Waals surface area (Å²) in [6.07, 6.45) is 1.39. The molecule has 76 valence electrons. The Kier molecular flexibility index (Phi) is 4.92. The van der Waals surface area contributed by atoms with Crippen molar-refractivity contribution in [2.75, 3.05) is 6.54 Å². The van der Waals surface area contributed by atoms with E-state index in [0.29, 0.717) is 6.42 Å². The fourth-order valence-electron chi connectivity index (χ4n) is 1.18. The molecular formula is C11H21NO. The van der Waals surface area contributed by atoms with Crippen molar-refractivity contribution >= 4 is 5.78 Å². The average Bonchev–Trinajstić information content (AvgIpc) is 1.99. The molecular weight excluding hydrogens is 162 g/mol. The van der Waals surface area contributed by atoms with Crippen LogP contribution in [-0.2, 0) is 4.79 Å². The average molecular weight is 183 g/mol. The quantitative estimate of drug-likeness (QED) is 0.640. The Morgan fingerprint density at radius 2 is 1.92 bits per heavy atom. The van der Waals surface area contributed by atoms with Crippen LogP contribution in [0.2, 0.25) is 0 Å². The van der Waals surface area contributed by atoms with Crippen molar-refractivity contribution in [1.29, 1.82) is 0 Å². The van der Waals surface area contributed by atoms with E-state index in [1.54, 1.807) is 0 Å². The zero-order valence-corrected chi connectivity index (χ0v) is 9.24. The van der Waals surface area contributed by atoms with Gasteiger partial charge in [0.2, 0.25) is 0 Å². The molecule has 0 aromatic heterocycles. The molecule has 0 amide bonds. The summed E-state index contributed by atoms with van der Waals surface area (Å²) in [7, 11) is 0. The summed E-state index contributed by atoms with van der Waals surface area (Å²) in [5, 5.41) is 3.17. The van der Waals surface area contributed by atoms with Gasteiger partial charge in [-0.1, -0.05) is 12.5 Å². The minimum atomic E-state index is -0.385. The second-order valence-electron chi connectivity index (χ2n) is 4.04. The Hall–Kier alpha value is -0.630. The van der Waals surface area contributed by atoms with Gasteiger partial charge in [0, 0.05) is 6.42 Å². The minimum Gasteiger partial charge on any atom is -0.306 e. The van der Waals surface area contributed by atoms with Crippen LogP contribution in [0, 0.1) is 0 Å². The molecule has 0 saturated carbocycles. The molecule has 0 fully saturated rings. The van der Waals surface area contributed by atoms with Crippen molar-refractivity contribution in [3.63, 3.8) is 0 Å². The van der Waals surface area contributed by atoms with Gasteiger partial charge < -0.3 is 5.32 Å². The Labute approximate surface area is 81.4 Å². The maximum Gasteiger partial charge on any atom is 0.152 e. The normalized spacial score (nSPS) is 11.4. The number of rotatable bonds is 6. The van der Waals surface area contributed by atoms with Crippen LogP contribution in [0.5, 0.6) is 0 Å². The van der Waals surface area contributed by atoms with Crippen molar-refractivity contribution in [3.05, 3.63) is 12.2 Å². The highest BCUT2D eigenvalue weighted by Gasteiger charge is 2.24. The lowest BCUT2D eigenvalue weighted by Gasteiger charge is -2.23. The van der Waals surface area contributed by atoms with Crippen LogP contribution in [0.1, 0.15) is 40.5 Å². The maximum absolute atomic E-state index is 11.7. The topological polar surface area (TPSA) is 29.1 Å². The van der Waals surface area contributed by atoms with Gasteiger partial charge in [0.05, 0.1) is 5.54 Å². The molecule has 0 heterocycles. The molecule has 0 radical (unpaired) electrons. The van der Waals surface area contributed by atoms with Crippen molar-refractivity contribution < 1.29 is 4.79 Å². The van der Waals surface area contributed by atoms with E-state index in [9.17, 15) is 4.79 Å². The SMILES string of the molecule is C=C(C)CCC(=O)C(C)(C)NCC. The van der Waals surface area contributed by atoms with E-state index >= 15 is 0 Å². The van der Waals surface area contributed by atoms with Gasteiger partial charge in [-0.25, -0.2) is 0 Å². The molecule has 0 unspecified atom stereocenters. The lowest BCUT2D eigenvalue weighted by Crippen LogP contribution is -2.46. The third-order valence-corrected chi connectivity index (χ3v) is 2.09. The van der Waals surface area contributed by atoms with Crippen molar-refractivity contribution in [1.82, 2.24) is 5.32 Å². The smallest absolute Gasteiger partial charge is 0.152 e. The Morgan fingerprint density at radius 3 is 2.31 bits per heavy atom. The van der Waals surface area contributed by atoms with Crippen LogP contribution in [-0.4, -0.2) is 17.9 Å². The van der Waals surface area contributed by atoms with Crippen LogP contribution < -0.4 is 5.32 Å². The number of nitrogens with one attached hydrogen (secondary N) is 1. The summed E-state index contributed by atoms with van der Waals surface area (Å²) in [5.74, 6) is 0.261. The molecule has 0 aliphatic heterocycles. The number of likely N-dealkylation sites (N-methyl/N-ethyl adjacent to an activating group) is 1. The van der Waals surface area contributed by atoms with Gasteiger partial charge in [-0.05, 0) is 33.7 Å². The Balaban J connectivity index is 4.01. The van der Waals surface area contributed by atoms with Crippen LogP contribution in [0.4, 0.5) is 0 Å². The van der Waals surface area contributed by atoms with E-state index in [4.69, 9.17) is 0 Å². The molecule has 0 spiro atoms. The third-order valence-electron chi connectivity index (χ3n) is 2.09. The summed E-state index contributed by atoms with van der Waals surface area (Å²) in [6.45, 7) is 12.4. The highest BCUT2D eigenvalue weighted by Crippen LogP contribution is 2.11. The predicted molar refractivity (Wildman–Crippen MR) is 56.8 cm³/mol. The number of carbonyl (C=O) groups excluding carboxylic acids is 1. The molecule has 0 rings (SSSR count). The molecule has 0 aliphatic carbocycles. The van der Waals surface area contributed by atoms with Crippen molar-refractivity contribution in [2.24, 2.45) is 0 Å². The zero-order valence-electron chi connectivity index (χ0n) is 9.24. The first-order chi connectivity index (χ1) is 5.90.